The van der Waals surface area contributed by atoms with Gasteiger partial charge >= 0.3 is 12.0 Å². The lowest BCUT2D eigenvalue weighted by molar-refractivity contribution is -0.145. The fourth-order valence-corrected chi connectivity index (χ4v) is 7.34. The molecular formula is C30H49N5O6. The minimum Gasteiger partial charge on any atom is -0.481 e. The van der Waals surface area contributed by atoms with Gasteiger partial charge in [0, 0.05) is 44.2 Å². The molecule has 0 radical (unpaired) electrons. The van der Waals surface area contributed by atoms with Crippen LogP contribution < -0.4 is 16.0 Å². The highest BCUT2D eigenvalue weighted by molar-refractivity contribution is 5.90. The number of carboxylic acid groups (broad SMARTS) is 1. The van der Waals surface area contributed by atoms with Gasteiger partial charge in [-0.05, 0) is 69.6 Å². The number of amides is 5. The van der Waals surface area contributed by atoms with Crippen LogP contribution in [0.15, 0.2) is 0 Å². The van der Waals surface area contributed by atoms with E-state index in [1.165, 1.54) is 24.7 Å². The van der Waals surface area contributed by atoms with Gasteiger partial charge < -0.3 is 30.9 Å². The van der Waals surface area contributed by atoms with Gasteiger partial charge in [0.25, 0.3) is 0 Å². The average molecular weight is 576 g/mol. The molecule has 1 saturated heterocycles. The summed E-state index contributed by atoms with van der Waals surface area (Å²) in [6.07, 6.45) is 10.3. The Morgan fingerprint density at radius 2 is 1.61 bits per heavy atom. The van der Waals surface area contributed by atoms with E-state index in [0.29, 0.717) is 31.6 Å². The Hall–Kier alpha value is -2.85. The van der Waals surface area contributed by atoms with Crippen molar-refractivity contribution in [1.82, 2.24) is 25.8 Å². The fraction of sp³-hybridized carbons (Fsp3) is 0.833. The van der Waals surface area contributed by atoms with Gasteiger partial charge in [-0.2, -0.15) is 0 Å². The summed E-state index contributed by atoms with van der Waals surface area (Å²) in [6, 6.07) is -0.0796. The second-order valence-electron chi connectivity index (χ2n) is 13.1. The normalized spacial score (nSPS) is 33.3. The molecular weight excluding hydrogens is 526 g/mol. The number of carboxylic acids is 1. The number of nitrogens with one attached hydrogen (secondary N) is 3. The molecule has 11 heteroatoms. The van der Waals surface area contributed by atoms with Crippen LogP contribution >= 0.6 is 0 Å². The van der Waals surface area contributed by atoms with Crippen LogP contribution in [0, 0.1) is 23.7 Å². The molecule has 3 saturated carbocycles. The first-order valence-electron chi connectivity index (χ1n) is 15.7. The Morgan fingerprint density at radius 3 is 2.29 bits per heavy atom. The quantitative estimate of drug-likeness (QED) is 0.350. The Labute approximate surface area is 243 Å². The van der Waals surface area contributed by atoms with E-state index < -0.39 is 17.8 Å². The summed E-state index contributed by atoms with van der Waals surface area (Å²) in [4.78, 5) is 66.1. The third kappa shape index (κ3) is 8.13. The highest BCUT2D eigenvalue weighted by atomic mass is 16.4. The molecule has 230 valence electrons. The van der Waals surface area contributed by atoms with Crippen molar-refractivity contribution in [2.24, 2.45) is 23.7 Å². The van der Waals surface area contributed by atoms with Crippen molar-refractivity contribution in [1.29, 1.82) is 0 Å². The van der Waals surface area contributed by atoms with Crippen LogP contribution in [0.5, 0.6) is 0 Å². The summed E-state index contributed by atoms with van der Waals surface area (Å²) >= 11 is 0. The van der Waals surface area contributed by atoms with Crippen LogP contribution in [-0.4, -0.2) is 88.9 Å². The maximum atomic E-state index is 13.4. The van der Waals surface area contributed by atoms with Gasteiger partial charge in [0.05, 0.1) is 18.4 Å². The molecule has 4 N–H and O–H groups in total. The van der Waals surface area contributed by atoms with E-state index in [2.05, 4.69) is 22.9 Å². The predicted octanol–water partition coefficient (Wildman–Crippen LogP) is 2.49. The lowest BCUT2D eigenvalue weighted by Crippen LogP contribution is -2.51. The van der Waals surface area contributed by atoms with Crippen LogP contribution in [-0.2, 0) is 19.2 Å². The van der Waals surface area contributed by atoms with E-state index in [-0.39, 0.29) is 66.9 Å². The highest BCUT2D eigenvalue weighted by Gasteiger charge is 2.44. The number of nitrogens with zero attached hydrogens (tertiary/aromatic N) is 2. The van der Waals surface area contributed by atoms with E-state index >= 15 is 0 Å². The van der Waals surface area contributed by atoms with Crippen LogP contribution in [0.1, 0.15) is 90.9 Å². The van der Waals surface area contributed by atoms with Gasteiger partial charge in [-0.1, -0.05) is 26.7 Å². The lowest BCUT2D eigenvalue weighted by Gasteiger charge is -2.39. The largest absolute Gasteiger partial charge is 0.481 e. The molecule has 6 unspecified atom stereocenters. The number of aliphatic carboxylic acids is 1. The average Bonchev–Trinajstić information content (AvgIpc) is 3.01. The SMILES string of the molecule is CC(CN1CC(=O)N(C)C2CCC(NC(=O)CC3CCC(NC(=O)NC4CCCCC4C)CC3)CC2C1=O)C(=O)O. The summed E-state index contributed by atoms with van der Waals surface area (Å²) < 4.78 is 0. The summed E-state index contributed by atoms with van der Waals surface area (Å²) in [6.45, 7) is 3.62. The maximum Gasteiger partial charge on any atom is 0.315 e. The van der Waals surface area contributed by atoms with Crippen LogP contribution in [0.3, 0.4) is 0 Å². The lowest BCUT2D eigenvalue weighted by atomic mass is 9.79. The molecule has 0 spiro atoms. The third-order valence-corrected chi connectivity index (χ3v) is 10.0. The van der Waals surface area contributed by atoms with Crippen molar-refractivity contribution in [3.05, 3.63) is 0 Å². The minimum atomic E-state index is -1.00. The highest BCUT2D eigenvalue weighted by Crippen LogP contribution is 2.33. The first-order chi connectivity index (χ1) is 19.5. The minimum absolute atomic E-state index is 0.00706. The maximum absolute atomic E-state index is 13.4. The molecule has 1 aliphatic heterocycles. The van der Waals surface area contributed by atoms with E-state index in [0.717, 1.165) is 38.5 Å². The smallest absolute Gasteiger partial charge is 0.315 e. The van der Waals surface area contributed by atoms with Crippen molar-refractivity contribution in [2.45, 2.75) is 115 Å². The molecule has 0 aromatic carbocycles. The number of likely N-dealkylation sites (N-methyl/N-ethyl adjacent to an activating group) is 1. The molecule has 4 fully saturated rings. The molecule has 4 rings (SSSR count). The second kappa shape index (κ2) is 13.9. The summed E-state index contributed by atoms with van der Waals surface area (Å²) in [5.41, 5.74) is 0. The molecule has 0 aromatic rings. The third-order valence-electron chi connectivity index (χ3n) is 10.0. The Balaban J connectivity index is 1.22. The van der Waals surface area contributed by atoms with Gasteiger partial charge in [-0.25, -0.2) is 4.79 Å². The number of carbonyl (C=O) groups is 5. The first kappa shape index (κ1) is 31.1. The summed E-state index contributed by atoms with van der Waals surface area (Å²) in [5, 5.41) is 18.8. The second-order valence-corrected chi connectivity index (χ2v) is 13.1. The van der Waals surface area contributed by atoms with Gasteiger partial charge in [0.2, 0.25) is 17.7 Å². The molecule has 0 bridgehead atoms. The summed E-state index contributed by atoms with van der Waals surface area (Å²) in [7, 11) is 1.71. The number of rotatable bonds is 8. The fourth-order valence-electron chi connectivity index (χ4n) is 7.34. The molecule has 41 heavy (non-hydrogen) atoms. The van der Waals surface area contributed by atoms with Gasteiger partial charge in [-0.3, -0.25) is 19.2 Å². The van der Waals surface area contributed by atoms with Gasteiger partial charge in [0.1, 0.15) is 0 Å². The van der Waals surface area contributed by atoms with Crippen molar-refractivity contribution in [3.8, 4) is 0 Å². The molecule has 11 nitrogen and oxygen atoms in total. The monoisotopic (exact) mass is 575 g/mol. The molecule has 3 aliphatic carbocycles. The standard InChI is InChI=1S/C30H49N5O6/c1-18-6-4-5-7-24(18)33-30(41)32-21-10-8-20(9-11-21)14-26(36)31-22-12-13-25-23(15-22)28(38)35(16-19(2)29(39)40)17-27(37)34(25)3/h18-25H,4-17H2,1-3H3,(H,31,36)(H,39,40)(H2,32,33,41). The van der Waals surface area contributed by atoms with Crippen molar-refractivity contribution < 1.29 is 29.1 Å². The number of hydrogen-bond acceptors (Lipinski definition) is 5. The molecule has 1 heterocycles. The van der Waals surface area contributed by atoms with E-state index in [1.54, 1.807) is 11.9 Å². The molecule has 4 aliphatic rings. The topological polar surface area (TPSA) is 148 Å². The van der Waals surface area contributed by atoms with Crippen molar-refractivity contribution >= 4 is 29.7 Å². The van der Waals surface area contributed by atoms with Crippen molar-refractivity contribution in [2.75, 3.05) is 20.1 Å². The van der Waals surface area contributed by atoms with Crippen LogP contribution in [0.4, 0.5) is 4.79 Å². The Bertz CT molecular complexity index is 982. The molecule has 0 aromatic heterocycles. The zero-order valence-electron chi connectivity index (χ0n) is 24.9. The van der Waals surface area contributed by atoms with E-state index in [4.69, 9.17) is 0 Å². The molecule has 6 atom stereocenters. The van der Waals surface area contributed by atoms with E-state index in [1.807, 2.05) is 0 Å². The summed E-state index contributed by atoms with van der Waals surface area (Å²) in [5.74, 6) is -1.86. The molecule has 5 amide bonds. The van der Waals surface area contributed by atoms with Gasteiger partial charge in [0.15, 0.2) is 0 Å². The Morgan fingerprint density at radius 1 is 0.927 bits per heavy atom. The van der Waals surface area contributed by atoms with Gasteiger partial charge in [-0.15, -0.1) is 0 Å². The zero-order chi connectivity index (χ0) is 29.7. The number of urea groups is 1. The predicted molar refractivity (Wildman–Crippen MR) is 153 cm³/mol. The van der Waals surface area contributed by atoms with Crippen molar-refractivity contribution in [3.63, 3.8) is 0 Å². The first-order valence-corrected chi connectivity index (χ1v) is 15.7. The van der Waals surface area contributed by atoms with Crippen LogP contribution in [0.25, 0.3) is 0 Å². The Kier molecular flexibility index (Phi) is 10.5. The number of hydrogen-bond donors (Lipinski definition) is 4. The zero-order valence-corrected chi connectivity index (χ0v) is 24.9. The number of carbonyl (C=O) groups excluding carboxylic acids is 4. The van der Waals surface area contributed by atoms with Crippen LogP contribution in [0.2, 0.25) is 0 Å². The number of fused-ring (bicyclic) bond motifs is 1. The van der Waals surface area contributed by atoms with E-state index in [9.17, 15) is 29.1 Å².